The van der Waals surface area contributed by atoms with Crippen LogP contribution in [0.1, 0.15) is 98.7 Å². The predicted octanol–water partition coefficient (Wildman–Crippen LogP) is 2.32. The Hall–Kier alpha value is -8.55. The van der Waals surface area contributed by atoms with Crippen LogP contribution >= 0.6 is 0 Å². The van der Waals surface area contributed by atoms with Crippen LogP contribution in [0, 0.1) is 11.8 Å². The average molecular weight is 1480 g/mol. The van der Waals surface area contributed by atoms with Gasteiger partial charge in [0.25, 0.3) is 23.8 Å². The molecule has 0 radical (unpaired) electrons. The van der Waals surface area contributed by atoms with Crippen LogP contribution < -0.4 is 32.6 Å². The molecule has 6 heterocycles. The largest absolute Gasteiger partial charge is 0.508 e. The van der Waals surface area contributed by atoms with E-state index >= 15 is 0 Å². The maximum Gasteiger partial charge on any atom is 0.343 e. The quantitative estimate of drug-likeness (QED) is 0.0125. The normalized spacial score (nSPS) is 17.3. The molecule has 1 saturated carbocycles. The number of nitrogens with one attached hydrogen (secondary N) is 4. The van der Waals surface area contributed by atoms with Gasteiger partial charge in [-0.25, -0.2) is 14.5 Å². The molecule has 3 aromatic heterocycles. The fourth-order valence-electron chi connectivity index (χ4n) is 12.7. The summed E-state index contributed by atoms with van der Waals surface area (Å²) in [5.74, 6) is -2.73. The van der Waals surface area contributed by atoms with Crippen LogP contribution in [0.5, 0.6) is 5.75 Å². The fourth-order valence-corrected chi connectivity index (χ4v) is 12.7. The molecule has 4 aliphatic rings. The highest BCUT2D eigenvalue weighted by molar-refractivity contribution is 6.12. The number of pyridine rings is 2. The molecule has 578 valence electrons. The number of imide groups is 1. The molecule has 0 bridgehead atoms. The third-order valence-electron chi connectivity index (χ3n) is 18.3. The number of nitrogens with two attached hydrogens (primary N) is 1. The van der Waals surface area contributed by atoms with Crippen molar-refractivity contribution in [3.8, 4) is 17.1 Å². The maximum atomic E-state index is 14.2. The number of esters is 1. The lowest BCUT2D eigenvalue weighted by Gasteiger charge is -2.37. The number of anilines is 1. The number of nitrogens with zero attached hydrogens (tertiary/aromatic N) is 6. The number of cyclic esters (lactones) is 1. The van der Waals surface area contributed by atoms with Gasteiger partial charge >= 0.3 is 5.97 Å². The molecule has 9 rings (SSSR count). The zero-order chi connectivity index (χ0) is 75.1. The first kappa shape index (κ1) is 81.5. The number of aliphatic hydroxyl groups is 1. The molecule has 0 spiro atoms. The minimum absolute atomic E-state index is 0.0181. The zero-order valence-corrected chi connectivity index (χ0v) is 60.2. The van der Waals surface area contributed by atoms with Crippen LogP contribution in [0.3, 0.4) is 0 Å². The molecule has 6 amide bonds. The van der Waals surface area contributed by atoms with Crippen molar-refractivity contribution in [1.82, 2.24) is 45.4 Å². The standard InChI is InChI=1S/C73H99N11O22/c1-3-55-56-39-54(85)16-17-60(56)79-67-57(55)44-83-62(67)40-59-58(70(83)92)46-104-71(93)73(59,4-2)106-72(94)105-45-50-10-14-52(15-11-50)77-69(91)61(7-5-6-20-74)78-64(87)48-103-47-63(86)75-21-23-95-25-27-97-29-31-99-33-35-101-37-38-102-36-34-100-32-30-98-28-26-96-24-22-82-43-53(80-81-82)41-76-68(90)51-12-8-49(9-13-51)42-84-65(88)18-19-66(84)89/h10-11,14-19,39-40,43,49,51,61,72,85,94H,3-9,12-13,20-38,41-42,44-48,74H2,1-2H3,(H,75,86)(H,76,90)(H,77,91)(H,78,87)/t49-,51-,61?,72?,73-/m0/s1. The second-order valence-corrected chi connectivity index (χ2v) is 25.6. The van der Waals surface area contributed by atoms with E-state index in [4.69, 9.17) is 67.6 Å². The van der Waals surface area contributed by atoms with Crippen molar-refractivity contribution in [2.75, 3.05) is 144 Å². The number of phenolic OH excluding ortho intramolecular Hbond substituents is 1. The van der Waals surface area contributed by atoms with Crippen molar-refractivity contribution in [3.05, 3.63) is 111 Å². The number of aromatic nitrogens is 5. The summed E-state index contributed by atoms with van der Waals surface area (Å²) in [7, 11) is 0. The van der Waals surface area contributed by atoms with Gasteiger partial charge in [0.1, 0.15) is 37.3 Å². The number of hydrogen-bond donors (Lipinski definition) is 7. The Kier molecular flexibility index (Phi) is 32.8. The summed E-state index contributed by atoms with van der Waals surface area (Å²) in [5, 5.41) is 41.6. The first-order chi connectivity index (χ1) is 51.6. The number of aryl methyl sites for hydroxylation is 1. The van der Waals surface area contributed by atoms with Crippen molar-refractivity contribution >= 4 is 58.0 Å². The van der Waals surface area contributed by atoms with E-state index in [-0.39, 0.29) is 104 Å². The van der Waals surface area contributed by atoms with E-state index in [1.807, 2.05) is 6.92 Å². The lowest BCUT2D eigenvalue weighted by atomic mass is 9.81. The monoisotopic (exact) mass is 1480 g/mol. The lowest BCUT2D eigenvalue weighted by Crippen LogP contribution is -2.48. The number of aromatic hydroxyl groups is 1. The zero-order valence-electron chi connectivity index (χ0n) is 60.2. The van der Waals surface area contributed by atoms with Gasteiger partial charge in [-0.3, -0.25) is 38.5 Å². The SMILES string of the molecule is CCc1c2c(nc3ccc(O)cc13)-c1cc3c(c(=O)n1C2)COC(=O)[C@@]3(CC)OC(O)OCc1ccc(NC(=O)C(CCCCN)NC(=O)COCC(=O)NCCOCCOCCOCCOCCOCCOCCOCCOCCn2cc(CNC(=O)[C@H]3CC[C@H](CN4C(=O)C=CC4=O)CC3)nn2)cc1. The molecular formula is C73H99N11O22. The van der Waals surface area contributed by atoms with E-state index in [1.165, 1.54) is 17.1 Å². The Morgan fingerprint density at radius 1 is 0.726 bits per heavy atom. The molecule has 5 aromatic rings. The number of carbonyl (C=O) groups is 7. The van der Waals surface area contributed by atoms with Crippen LogP contribution in [-0.4, -0.2) is 232 Å². The second kappa shape index (κ2) is 42.7. The van der Waals surface area contributed by atoms with Crippen molar-refractivity contribution in [2.45, 2.75) is 123 Å². The van der Waals surface area contributed by atoms with Gasteiger partial charge in [0.2, 0.25) is 23.6 Å². The molecular weight excluding hydrogens is 1380 g/mol. The van der Waals surface area contributed by atoms with Gasteiger partial charge in [-0.1, -0.05) is 31.2 Å². The highest BCUT2D eigenvalue weighted by Gasteiger charge is 2.50. The summed E-state index contributed by atoms with van der Waals surface area (Å²) in [6, 6.07) is 12.2. The molecule has 8 N–H and O–H groups in total. The summed E-state index contributed by atoms with van der Waals surface area (Å²) in [4.78, 5) is 109. The van der Waals surface area contributed by atoms with E-state index in [0.717, 1.165) is 29.4 Å². The molecule has 33 heteroatoms. The third kappa shape index (κ3) is 24.0. The minimum atomic E-state index is -1.95. The van der Waals surface area contributed by atoms with Crippen molar-refractivity contribution in [3.63, 3.8) is 0 Å². The van der Waals surface area contributed by atoms with Gasteiger partial charge in [-0.2, -0.15) is 0 Å². The Morgan fingerprint density at radius 3 is 1.97 bits per heavy atom. The molecule has 2 unspecified atom stereocenters. The lowest BCUT2D eigenvalue weighted by molar-refractivity contribution is -0.316. The van der Waals surface area contributed by atoms with E-state index in [9.17, 15) is 48.6 Å². The van der Waals surface area contributed by atoms with E-state index in [1.54, 1.807) is 70.9 Å². The Bertz CT molecular complexity index is 3790. The molecule has 2 aromatic carbocycles. The first-order valence-electron chi connectivity index (χ1n) is 36.2. The van der Waals surface area contributed by atoms with Gasteiger partial charge in [0.05, 0.1) is 161 Å². The first-order valence-corrected chi connectivity index (χ1v) is 36.2. The number of benzene rings is 2. The van der Waals surface area contributed by atoms with Gasteiger partial charge in [0, 0.05) is 53.4 Å². The number of carbonyl (C=O) groups excluding carboxylic acids is 7. The Labute approximate surface area is 613 Å². The molecule has 1 fully saturated rings. The summed E-state index contributed by atoms with van der Waals surface area (Å²) >= 11 is 0. The summed E-state index contributed by atoms with van der Waals surface area (Å²) in [5.41, 5.74) is 8.94. The number of ether oxygens (including phenoxy) is 12. The van der Waals surface area contributed by atoms with Gasteiger partial charge in [0.15, 0.2) is 5.60 Å². The summed E-state index contributed by atoms with van der Waals surface area (Å²) < 4.78 is 70.2. The number of fused-ring (bicyclic) bond motifs is 5. The molecule has 106 heavy (non-hydrogen) atoms. The highest BCUT2D eigenvalue weighted by atomic mass is 16.8. The van der Waals surface area contributed by atoms with Crippen molar-refractivity contribution < 1.29 is 101 Å². The number of aliphatic hydroxyl groups excluding tert-OH is 1. The second-order valence-electron chi connectivity index (χ2n) is 25.6. The average Bonchev–Trinajstić information content (AvgIpc) is 1.49. The number of unbranched alkanes of at least 4 members (excludes halogenated alkanes) is 1. The highest BCUT2D eigenvalue weighted by Crippen LogP contribution is 2.43. The van der Waals surface area contributed by atoms with E-state index < -0.39 is 55.0 Å². The maximum absolute atomic E-state index is 14.2. The Balaban J connectivity index is 0.528. The van der Waals surface area contributed by atoms with Crippen LogP contribution in [0.15, 0.2) is 71.7 Å². The topological polar surface area (TPSA) is 414 Å². The van der Waals surface area contributed by atoms with Gasteiger partial charge in [-0.15, -0.1) is 5.10 Å². The third-order valence-corrected chi connectivity index (χ3v) is 18.3. The molecule has 1 aliphatic carbocycles. The predicted molar refractivity (Wildman–Crippen MR) is 379 cm³/mol. The molecule has 33 nitrogen and oxygen atoms in total. The molecule has 3 atom stereocenters. The Morgan fingerprint density at radius 2 is 1.35 bits per heavy atom. The number of hydrogen-bond acceptors (Lipinski definition) is 26. The number of phenols is 1. The number of amides is 6. The van der Waals surface area contributed by atoms with Crippen LogP contribution in [-0.2, 0) is 135 Å². The molecule has 3 aliphatic heterocycles. The van der Waals surface area contributed by atoms with Crippen molar-refractivity contribution in [2.24, 2.45) is 17.6 Å². The summed E-state index contributed by atoms with van der Waals surface area (Å²) in [6.07, 6.45) is 9.39. The van der Waals surface area contributed by atoms with Gasteiger partial charge < -0.3 is 98.6 Å². The minimum Gasteiger partial charge on any atom is -0.508 e. The fraction of sp³-hybridized carbons (Fsp3) is 0.575. The van der Waals surface area contributed by atoms with Crippen LogP contribution in [0.2, 0.25) is 0 Å². The molecule has 0 saturated heterocycles. The van der Waals surface area contributed by atoms with Crippen molar-refractivity contribution in [1.29, 1.82) is 0 Å². The van der Waals surface area contributed by atoms with E-state index in [0.29, 0.717) is 185 Å². The van der Waals surface area contributed by atoms with E-state index in [2.05, 4.69) is 31.6 Å². The van der Waals surface area contributed by atoms with Crippen LogP contribution in [0.4, 0.5) is 5.69 Å². The van der Waals surface area contributed by atoms with Gasteiger partial charge in [-0.05, 0) is 118 Å². The smallest absolute Gasteiger partial charge is 0.343 e. The van der Waals surface area contributed by atoms with Crippen LogP contribution in [0.25, 0.3) is 22.3 Å². The number of rotatable bonds is 50. The summed E-state index contributed by atoms with van der Waals surface area (Å²) in [6.45, 7) is 8.48.